The van der Waals surface area contributed by atoms with Gasteiger partial charge < -0.3 is 64.2 Å². The molecule has 2 saturated heterocycles. The third-order valence-corrected chi connectivity index (χ3v) is 14.7. The number of unbranched alkanes of at least 4 members (excludes halogenated alkanes) is 33. The Bertz CT molecular complexity index is 1340. The minimum atomic E-state index is -1.76. The fraction of sp³-hybridized carbons (Fsp3) is 0.932. The van der Waals surface area contributed by atoms with Crippen molar-refractivity contribution in [3.8, 4) is 0 Å². The minimum absolute atomic E-state index is 0.169. The molecule has 0 aromatic carbocycles. The molecule has 7 N–H and O–H groups in total. The molecule has 2 heterocycles. The lowest BCUT2D eigenvalue weighted by Crippen LogP contribution is -2.61. The monoisotopic (exact) mass is 1060 g/mol. The summed E-state index contributed by atoms with van der Waals surface area (Å²) in [6.07, 6.45) is 32.4. The van der Waals surface area contributed by atoms with E-state index in [2.05, 4.69) is 26.0 Å². The number of aliphatic hydroxyl groups is 7. The molecule has 4 unspecified atom stereocenters. The van der Waals surface area contributed by atoms with Gasteiger partial charge in [-0.05, 0) is 38.5 Å². The Morgan fingerprint density at radius 1 is 0.419 bits per heavy atom. The van der Waals surface area contributed by atoms with Gasteiger partial charge in [0.25, 0.3) is 0 Å². The lowest BCUT2D eigenvalue weighted by atomic mass is 9.98. The van der Waals surface area contributed by atoms with Crippen molar-refractivity contribution in [1.82, 2.24) is 0 Å². The van der Waals surface area contributed by atoms with E-state index >= 15 is 0 Å². The van der Waals surface area contributed by atoms with Gasteiger partial charge >= 0.3 is 11.9 Å². The first-order chi connectivity index (χ1) is 36.0. The van der Waals surface area contributed by atoms with Gasteiger partial charge in [0.15, 0.2) is 18.7 Å². The van der Waals surface area contributed by atoms with Crippen molar-refractivity contribution >= 4 is 11.9 Å². The average molecular weight is 1060 g/mol. The number of hydrogen-bond acceptors (Lipinski definition) is 15. The van der Waals surface area contributed by atoms with Crippen LogP contribution >= 0.6 is 0 Å². The summed E-state index contributed by atoms with van der Waals surface area (Å²) in [5.41, 5.74) is 0. The van der Waals surface area contributed by atoms with E-state index in [9.17, 15) is 45.3 Å². The molecule has 0 aliphatic carbocycles. The maximum Gasteiger partial charge on any atom is 0.306 e. The minimum Gasteiger partial charge on any atom is -0.462 e. The number of ether oxygens (including phenoxy) is 6. The molecule has 74 heavy (non-hydrogen) atoms. The Hall–Kier alpha value is -1.76. The molecule has 2 aliphatic rings. The molecular weight excluding hydrogens is 949 g/mol. The van der Waals surface area contributed by atoms with Crippen LogP contribution in [0.2, 0.25) is 0 Å². The second-order valence-corrected chi connectivity index (χ2v) is 21.5. The van der Waals surface area contributed by atoms with Gasteiger partial charge in [-0.3, -0.25) is 9.59 Å². The molecule has 15 heteroatoms. The Morgan fingerprint density at radius 3 is 1.20 bits per heavy atom. The molecule has 2 aliphatic heterocycles. The lowest BCUT2D eigenvalue weighted by molar-refractivity contribution is -0.332. The van der Waals surface area contributed by atoms with E-state index in [1.807, 2.05) is 0 Å². The Balaban J connectivity index is 1.72. The van der Waals surface area contributed by atoms with Gasteiger partial charge in [-0.2, -0.15) is 0 Å². The van der Waals surface area contributed by atoms with Crippen molar-refractivity contribution in [2.24, 2.45) is 0 Å². The van der Waals surface area contributed by atoms with Gasteiger partial charge in [-0.1, -0.05) is 219 Å². The average Bonchev–Trinajstić information content (AvgIpc) is 3.39. The standard InChI is InChI=1S/C59H110O15/c1-3-5-7-9-11-13-15-17-19-20-21-22-23-24-25-26-28-30-32-34-36-38-40-42-51(62)72-47(44-69-50(61)41-39-37-35-33-31-29-27-18-16-14-12-10-8-6-4-2)45-70-58-57(68)55(66)53(64)49(74-58)46-71-59-56(67)54(65)52(63)48(43-60)73-59/h29,31,47-49,52-60,63-68H,3-28,30,32-46H2,1-2H3/b31-29+/t47-,48+,49+,52-,53-,54?,55?,56?,57?,58+,59+/m1/s1. The molecule has 0 radical (unpaired) electrons. The van der Waals surface area contributed by atoms with Gasteiger partial charge in [0, 0.05) is 12.8 Å². The smallest absolute Gasteiger partial charge is 0.306 e. The lowest BCUT2D eigenvalue weighted by Gasteiger charge is -2.42. The second-order valence-electron chi connectivity index (χ2n) is 21.5. The van der Waals surface area contributed by atoms with Crippen molar-refractivity contribution in [2.75, 3.05) is 26.4 Å². The third kappa shape index (κ3) is 32.9. The summed E-state index contributed by atoms with van der Waals surface area (Å²) in [5.74, 6) is -0.927. The fourth-order valence-corrected chi connectivity index (χ4v) is 9.80. The third-order valence-electron chi connectivity index (χ3n) is 14.7. The van der Waals surface area contributed by atoms with Gasteiger partial charge in [-0.15, -0.1) is 0 Å². The van der Waals surface area contributed by atoms with E-state index in [0.717, 1.165) is 44.9 Å². The van der Waals surface area contributed by atoms with E-state index < -0.39 is 92.7 Å². The molecule has 0 bridgehead atoms. The number of aliphatic hydroxyl groups excluding tert-OH is 7. The zero-order valence-corrected chi connectivity index (χ0v) is 46.6. The number of esters is 2. The van der Waals surface area contributed by atoms with Crippen LogP contribution in [0.25, 0.3) is 0 Å². The summed E-state index contributed by atoms with van der Waals surface area (Å²) < 4.78 is 33.7. The largest absolute Gasteiger partial charge is 0.462 e. The Kier molecular flexibility index (Phi) is 42.7. The summed E-state index contributed by atoms with van der Waals surface area (Å²) in [6.45, 7) is 2.63. The summed E-state index contributed by atoms with van der Waals surface area (Å²) in [4.78, 5) is 25.9. The molecule has 2 fully saturated rings. The fourth-order valence-electron chi connectivity index (χ4n) is 9.80. The van der Waals surface area contributed by atoms with Crippen LogP contribution in [0.5, 0.6) is 0 Å². The molecule has 11 atom stereocenters. The zero-order chi connectivity index (χ0) is 53.9. The SMILES string of the molecule is CCCCCCCCCC/C=C/CCCCCC(=O)OC[C@H](CO[C@H]1O[C@@H](CO[C@H]2O[C@@H](CO)[C@@H](O)C(O)C2O)[C@@H](O)C(O)C1O)OC(=O)CCCCCCCCCCCCCCCCCCCCCCCCC. The van der Waals surface area contributed by atoms with Crippen molar-refractivity contribution in [3.05, 3.63) is 12.2 Å². The van der Waals surface area contributed by atoms with Gasteiger partial charge in [0.05, 0.1) is 19.8 Å². The van der Waals surface area contributed by atoms with E-state index in [0.29, 0.717) is 12.8 Å². The first-order valence-corrected chi connectivity index (χ1v) is 30.3. The summed E-state index contributed by atoms with van der Waals surface area (Å²) in [6, 6.07) is 0. The van der Waals surface area contributed by atoms with Crippen molar-refractivity contribution in [1.29, 1.82) is 0 Å². The van der Waals surface area contributed by atoms with E-state index in [1.54, 1.807) is 0 Å². The van der Waals surface area contributed by atoms with E-state index in [-0.39, 0.29) is 26.1 Å². The van der Waals surface area contributed by atoms with Crippen molar-refractivity contribution in [3.63, 3.8) is 0 Å². The van der Waals surface area contributed by atoms with Crippen LogP contribution < -0.4 is 0 Å². The number of allylic oxidation sites excluding steroid dienone is 2. The highest BCUT2D eigenvalue weighted by atomic mass is 16.7. The maximum atomic E-state index is 13.1. The predicted molar refractivity (Wildman–Crippen MR) is 289 cm³/mol. The van der Waals surface area contributed by atoms with Crippen LogP contribution in [-0.4, -0.2) is 142 Å². The van der Waals surface area contributed by atoms with E-state index in [4.69, 9.17) is 28.4 Å². The van der Waals surface area contributed by atoms with Crippen LogP contribution in [0.3, 0.4) is 0 Å². The first-order valence-electron chi connectivity index (χ1n) is 30.3. The van der Waals surface area contributed by atoms with Gasteiger partial charge in [0.1, 0.15) is 55.4 Å². The molecule has 2 rings (SSSR count). The molecule has 0 aromatic rings. The zero-order valence-electron chi connectivity index (χ0n) is 46.6. The van der Waals surface area contributed by atoms with Crippen LogP contribution in [0.15, 0.2) is 12.2 Å². The molecule has 0 aromatic heterocycles. The topological polar surface area (TPSA) is 231 Å². The molecule has 0 spiro atoms. The molecule has 0 amide bonds. The highest BCUT2D eigenvalue weighted by molar-refractivity contribution is 5.70. The molecule has 436 valence electrons. The normalized spacial score (nSPS) is 24.7. The highest BCUT2D eigenvalue weighted by Crippen LogP contribution is 2.27. The quantitative estimate of drug-likeness (QED) is 0.0171. The summed E-state index contributed by atoms with van der Waals surface area (Å²) in [5, 5.41) is 72.3. The number of carbonyl (C=O) groups excluding carboxylic acids is 2. The van der Waals surface area contributed by atoms with Crippen molar-refractivity contribution in [2.45, 2.75) is 325 Å². The Labute approximate surface area is 448 Å². The summed E-state index contributed by atoms with van der Waals surface area (Å²) >= 11 is 0. The molecular formula is C59H110O15. The first kappa shape index (κ1) is 68.3. The van der Waals surface area contributed by atoms with Crippen molar-refractivity contribution < 1.29 is 73.8 Å². The summed E-state index contributed by atoms with van der Waals surface area (Å²) in [7, 11) is 0. The Morgan fingerprint density at radius 2 is 0.770 bits per heavy atom. The predicted octanol–water partition coefficient (Wildman–Crippen LogP) is 10.5. The number of carbonyl (C=O) groups is 2. The molecule has 15 nitrogen and oxygen atoms in total. The van der Waals surface area contributed by atoms with E-state index in [1.165, 1.54) is 173 Å². The number of rotatable bonds is 49. The van der Waals surface area contributed by atoms with Gasteiger partial charge in [-0.25, -0.2) is 0 Å². The van der Waals surface area contributed by atoms with Crippen LogP contribution in [-0.2, 0) is 38.0 Å². The van der Waals surface area contributed by atoms with Crippen LogP contribution in [0.1, 0.15) is 258 Å². The molecule has 0 saturated carbocycles. The second kappa shape index (κ2) is 46.2. The van der Waals surface area contributed by atoms with Crippen LogP contribution in [0, 0.1) is 0 Å². The van der Waals surface area contributed by atoms with Gasteiger partial charge in [0.2, 0.25) is 0 Å². The van der Waals surface area contributed by atoms with Crippen LogP contribution in [0.4, 0.5) is 0 Å². The number of hydrogen-bond donors (Lipinski definition) is 7. The maximum absolute atomic E-state index is 13.1. The highest BCUT2D eigenvalue weighted by Gasteiger charge is 2.47.